The van der Waals surface area contributed by atoms with Gasteiger partial charge in [-0.2, -0.15) is 25.3 Å². The van der Waals surface area contributed by atoms with Crippen molar-refractivity contribution < 1.29 is 38.9 Å². The largest absolute Gasteiger partial charge is 0.294 e. The van der Waals surface area contributed by atoms with Crippen LogP contribution >= 0.6 is 23.1 Å². The summed E-state index contributed by atoms with van der Waals surface area (Å²) in [5.74, 6) is 0. The van der Waals surface area contributed by atoms with Crippen LogP contribution in [0.2, 0.25) is 0 Å². The summed E-state index contributed by atoms with van der Waals surface area (Å²) in [5, 5.41) is 0. The van der Waals surface area contributed by atoms with Crippen LogP contribution in [0.4, 0.5) is 0 Å². The van der Waals surface area contributed by atoms with Crippen molar-refractivity contribution >= 4 is 69.3 Å². The van der Waals surface area contributed by atoms with Gasteiger partial charge in [0, 0.05) is 33.1 Å². The summed E-state index contributed by atoms with van der Waals surface area (Å²) in [5.41, 5.74) is 4.97. The Hall–Kier alpha value is -5.03. The van der Waals surface area contributed by atoms with E-state index in [4.69, 9.17) is 0 Å². The van der Waals surface area contributed by atoms with E-state index in [-0.39, 0.29) is 14.7 Å². The van der Waals surface area contributed by atoms with Crippen LogP contribution in [-0.4, -0.2) is 38.9 Å². The maximum atomic E-state index is 11.6. The third kappa shape index (κ3) is 10.6. The minimum atomic E-state index is -4.36. The van der Waals surface area contributed by atoms with Crippen LogP contribution in [-0.2, 0) is 30.4 Å². The standard InChI is InChI=1S/C41H30O9S5/c42-53(43,44)35-19-13-32(14-20-35)39-26-29(25-38(51-39)31-11-7-4-8-12-31)9-5-2-1-3-6-10-30-27-40(33-15-21-36(22-16-33)54(45,46)47)52-41(28-30)34-17-23-37(24-18-34)55(48,49)50/h1-28H,(H2-,42,43,44,45,46,47,48,49,50)/p+1. The lowest BCUT2D eigenvalue weighted by Crippen LogP contribution is -1.99. The van der Waals surface area contributed by atoms with Gasteiger partial charge in [0.05, 0.1) is 14.7 Å². The van der Waals surface area contributed by atoms with Gasteiger partial charge in [-0.05, 0) is 95.1 Å². The summed E-state index contributed by atoms with van der Waals surface area (Å²) >= 11 is 2.95. The van der Waals surface area contributed by atoms with Gasteiger partial charge in [0.1, 0.15) is 0 Å². The molecule has 278 valence electrons. The first-order valence-corrected chi connectivity index (χ1v) is 22.2. The van der Waals surface area contributed by atoms with Crippen molar-refractivity contribution in [2.45, 2.75) is 14.7 Å². The molecule has 0 aliphatic carbocycles. The Morgan fingerprint density at radius 3 is 1.33 bits per heavy atom. The molecule has 4 aromatic carbocycles. The summed E-state index contributed by atoms with van der Waals surface area (Å²) in [6.07, 6.45) is 17.0. The predicted molar refractivity (Wildman–Crippen MR) is 221 cm³/mol. The molecule has 0 fully saturated rings. The molecule has 0 saturated carbocycles. The van der Waals surface area contributed by atoms with Gasteiger partial charge in [-0.25, -0.2) is 0 Å². The maximum Gasteiger partial charge on any atom is 0.294 e. The second-order valence-corrected chi connectivity index (χ2v) is 18.3. The van der Waals surface area contributed by atoms with Gasteiger partial charge in [-0.15, -0.1) is 0 Å². The molecule has 2 heterocycles. The van der Waals surface area contributed by atoms with Crippen LogP contribution in [0.1, 0.15) is 16.7 Å². The molecule has 1 aliphatic rings. The van der Waals surface area contributed by atoms with Gasteiger partial charge >= 0.3 is 0 Å². The Kier molecular flexibility index (Phi) is 12.1. The monoisotopic (exact) mass is 827 g/mol. The molecule has 1 aliphatic heterocycles. The molecule has 1 aromatic heterocycles. The molecular formula is C41H31O9S5+. The Morgan fingerprint density at radius 2 is 0.873 bits per heavy atom. The fourth-order valence-corrected chi connectivity index (χ4v) is 9.02. The van der Waals surface area contributed by atoms with Crippen LogP contribution in [0.15, 0.2) is 184 Å². The van der Waals surface area contributed by atoms with Crippen LogP contribution in [0.25, 0.3) is 36.8 Å². The zero-order valence-electron chi connectivity index (χ0n) is 28.5. The quantitative estimate of drug-likeness (QED) is 0.0664. The van der Waals surface area contributed by atoms with Crippen molar-refractivity contribution in [2.24, 2.45) is 0 Å². The lowest BCUT2D eigenvalue weighted by Gasteiger charge is -2.17. The Balaban J connectivity index is 1.25. The molecular weight excluding hydrogens is 797 g/mol. The molecule has 0 radical (unpaired) electrons. The van der Waals surface area contributed by atoms with E-state index in [0.29, 0.717) is 11.1 Å². The Labute approximate surface area is 328 Å². The van der Waals surface area contributed by atoms with Crippen LogP contribution in [0.3, 0.4) is 0 Å². The van der Waals surface area contributed by atoms with E-state index in [0.717, 1.165) is 41.8 Å². The van der Waals surface area contributed by atoms with Crippen molar-refractivity contribution in [3.05, 3.63) is 186 Å². The Bertz CT molecular complexity index is 2650. The number of hydrogen-bond acceptors (Lipinski definition) is 7. The van der Waals surface area contributed by atoms with Crippen LogP contribution < -0.4 is 0 Å². The number of benzene rings is 4. The highest BCUT2D eigenvalue weighted by Gasteiger charge is 2.20. The number of thioether (sulfide) groups is 1. The highest BCUT2D eigenvalue weighted by Crippen LogP contribution is 2.44. The van der Waals surface area contributed by atoms with Gasteiger partial charge in [-0.3, -0.25) is 13.7 Å². The number of allylic oxidation sites excluding steroid dienone is 9. The van der Waals surface area contributed by atoms with E-state index in [1.54, 1.807) is 47.7 Å². The SMILES string of the molecule is O=S(=O)(O)c1ccc(C2=CC(=C/C=C/C=C/C=C/c3cc(-c4ccccc4)[s+]c(-c4ccc(S(=O)(=O)O)cc4)c3)C=C(c3ccc(S(=O)(=O)O)cc3)S2)cc1. The predicted octanol–water partition coefficient (Wildman–Crippen LogP) is 9.98. The summed E-state index contributed by atoms with van der Waals surface area (Å²) in [4.78, 5) is 2.85. The van der Waals surface area contributed by atoms with Crippen LogP contribution in [0.5, 0.6) is 0 Å². The average Bonchev–Trinajstić information content (AvgIpc) is 3.17. The first-order valence-electron chi connectivity index (χ1n) is 16.2. The first kappa shape index (κ1) is 39.7. The molecule has 0 saturated heterocycles. The minimum absolute atomic E-state index is 0.175. The van der Waals surface area contributed by atoms with E-state index in [2.05, 4.69) is 6.07 Å². The molecule has 14 heteroatoms. The van der Waals surface area contributed by atoms with E-state index < -0.39 is 30.4 Å². The topological polar surface area (TPSA) is 163 Å². The molecule has 0 bridgehead atoms. The molecule has 55 heavy (non-hydrogen) atoms. The molecule has 9 nitrogen and oxygen atoms in total. The molecule has 0 atom stereocenters. The third-order valence-corrected chi connectivity index (χ3v) is 12.9. The highest BCUT2D eigenvalue weighted by molar-refractivity contribution is 8.16. The summed E-state index contributed by atoms with van der Waals surface area (Å²) < 4.78 is 97.6. The lowest BCUT2D eigenvalue weighted by molar-refractivity contribution is 0.481. The summed E-state index contributed by atoms with van der Waals surface area (Å²) in [7, 11) is -13.0. The Morgan fingerprint density at radius 1 is 0.473 bits per heavy atom. The van der Waals surface area contributed by atoms with Gasteiger partial charge in [0.15, 0.2) is 0 Å². The minimum Gasteiger partial charge on any atom is -0.282 e. The van der Waals surface area contributed by atoms with Gasteiger partial charge < -0.3 is 0 Å². The van der Waals surface area contributed by atoms with E-state index in [9.17, 15) is 38.9 Å². The van der Waals surface area contributed by atoms with Crippen molar-refractivity contribution in [3.63, 3.8) is 0 Å². The number of hydrogen-bond donors (Lipinski definition) is 3. The van der Waals surface area contributed by atoms with Crippen molar-refractivity contribution in [1.29, 1.82) is 0 Å². The van der Waals surface area contributed by atoms with Crippen LogP contribution in [0, 0.1) is 0 Å². The van der Waals surface area contributed by atoms with Crippen molar-refractivity contribution in [1.82, 2.24) is 0 Å². The molecule has 6 rings (SSSR count). The zero-order valence-corrected chi connectivity index (χ0v) is 32.6. The van der Waals surface area contributed by atoms with Gasteiger partial charge in [0.25, 0.3) is 30.4 Å². The van der Waals surface area contributed by atoms with E-state index in [1.165, 1.54) is 48.2 Å². The number of rotatable bonds is 11. The fraction of sp³-hybridized carbons (Fsp3) is 0. The second-order valence-electron chi connectivity index (χ2n) is 11.9. The first-order chi connectivity index (χ1) is 26.1. The highest BCUT2D eigenvalue weighted by atomic mass is 32.2. The average molecular weight is 828 g/mol. The second kappa shape index (κ2) is 16.8. The molecule has 0 spiro atoms. The summed E-state index contributed by atoms with van der Waals surface area (Å²) in [6.45, 7) is 0. The molecule has 0 unspecified atom stereocenters. The van der Waals surface area contributed by atoms with Gasteiger partial charge in [-0.1, -0.05) is 96.8 Å². The molecule has 0 amide bonds. The fourth-order valence-electron chi connectivity index (χ4n) is 5.31. The van der Waals surface area contributed by atoms with E-state index >= 15 is 0 Å². The zero-order chi connectivity index (χ0) is 39.2. The van der Waals surface area contributed by atoms with Gasteiger partial charge in [0.2, 0.25) is 21.1 Å². The van der Waals surface area contributed by atoms with E-state index in [1.807, 2.05) is 91.1 Å². The lowest BCUT2D eigenvalue weighted by atomic mass is 10.1. The van der Waals surface area contributed by atoms with Crippen molar-refractivity contribution in [3.8, 4) is 20.9 Å². The molecule has 3 N–H and O–H groups in total. The summed E-state index contributed by atoms with van der Waals surface area (Å²) in [6, 6.07) is 31.7. The molecule has 5 aromatic rings. The van der Waals surface area contributed by atoms with Crippen molar-refractivity contribution in [2.75, 3.05) is 0 Å². The maximum absolute atomic E-state index is 11.6. The smallest absolute Gasteiger partial charge is 0.282 e. The normalized spacial score (nSPS) is 14.1. The third-order valence-electron chi connectivity index (χ3n) is 8.02.